The van der Waals surface area contributed by atoms with E-state index in [2.05, 4.69) is 39.7 Å². The van der Waals surface area contributed by atoms with Gasteiger partial charge >= 0.3 is 0 Å². The Kier molecular flexibility index (Phi) is 5.35. The Balaban J connectivity index is 2.56. The second-order valence-electron chi connectivity index (χ2n) is 5.23. The number of rotatable bonds is 4. The van der Waals surface area contributed by atoms with E-state index in [0.717, 1.165) is 10.9 Å². The summed E-state index contributed by atoms with van der Waals surface area (Å²) in [6.45, 7) is 7.98. The lowest BCUT2D eigenvalue weighted by Gasteiger charge is -2.22. The van der Waals surface area contributed by atoms with Crippen molar-refractivity contribution in [3.63, 3.8) is 0 Å². The molecule has 0 spiro atoms. The molecule has 2 atom stereocenters. The second kappa shape index (κ2) is 6.12. The van der Waals surface area contributed by atoms with Gasteiger partial charge in [0.1, 0.15) is 0 Å². The lowest BCUT2D eigenvalue weighted by molar-refractivity contribution is 0.604. The lowest BCUT2D eigenvalue weighted by Crippen LogP contribution is -2.39. The molecule has 0 unspecified atom stereocenters. The largest absolute Gasteiger partial charge is 0.242 e. The van der Waals surface area contributed by atoms with Crippen molar-refractivity contribution in [1.29, 1.82) is 0 Å². The molecule has 0 heterocycles. The molecular weight excluding hydrogens is 298 g/mol. The first kappa shape index (κ1) is 14.9. The van der Waals surface area contributed by atoms with E-state index in [9.17, 15) is 4.21 Å². The Morgan fingerprint density at radius 2 is 2.06 bits per heavy atom. The van der Waals surface area contributed by atoms with E-state index in [1.807, 2.05) is 32.9 Å². The lowest BCUT2D eigenvalue weighted by atomic mass is 10.1. The van der Waals surface area contributed by atoms with Crippen molar-refractivity contribution in [3.05, 3.63) is 34.3 Å². The molecule has 0 radical (unpaired) electrons. The van der Waals surface area contributed by atoms with Crippen LogP contribution in [0.15, 0.2) is 28.7 Å². The Bertz CT molecular complexity index is 401. The number of hydrogen-bond acceptors (Lipinski definition) is 1. The average molecular weight is 318 g/mol. The third kappa shape index (κ3) is 5.32. The zero-order chi connectivity index (χ0) is 13.1. The standard InChI is InChI=1S/C13H20BrNOS/c1-10(15-17(16)13(2,3)4)8-11-6-5-7-12(14)9-11/h5-7,9-10,15H,8H2,1-4H3/t10-,17-/m0/s1. The van der Waals surface area contributed by atoms with Crippen LogP contribution in [0.3, 0.4) is 0 Å². The molecule has 96 valence electrons. The molecule has 1 aromatic rings. The van der Waals surface area contributed by atoms with Gasteiger partial charge in [0.15, 0.2) is 0 Å². The van der Waals surface area contributed by atoms with Crippen LogP contribution in [0.2, 0.25) is 0 Å². The topological polar surface area (TPSA) is 29.1 Å². The van der Waals surface area contributed by atoms with Crippen molar-refractivity contribution in [2.24, 2.45) is 0 Å². The third-order valence-electron chi connectivity index (χ3n) is 2.30. The van der Waals surface area contributed by atoms with Crippen LogP contribution in [-0.2, 0) is 17.4 Å². The predicted molar refractivity (Wildman–Crippen MR) is 78.3 cm³/mol. The fourth-order valence-corrected chi connectivity index (χ4v) is 2.67. The molecule has 0 fully saturated rings. The summed E-state index contributed by atoms with van der Waals surface area (Å²) in [5.41, 5.74) is 1.24. The molecule has 0 amide bonds. The Morgan fingerprint density at radius 1 is 1.41 bits per heavy atom. The van der Waals surface area contributed by atoms with Gasteiger partial charge < -0.3 is 0 Å². The van der Waals surface area contributed by atoms with Gasteiger partial charge in [0, 0.05) is 10.5 Å². The van der Waals surface area contributed by atoms with Crippen LogP contribution in [-0.4, -0.2) is 15.0 Å². The summed E-state index contributed by atoms with van der Waals surface area (Å²) >= 11 is 3.45. The fraction of sp³-hybridized carbons (Fsp3) is 0.538. The molecular formula is C13H20BrNOS. The molecule has 1 rings (SSSR count). The van der Waals surface area contributed by atoms with Gasteiger partial charge in [-0.05, 0) is 51.8 Å². The summed E-state index contributed by atoms with van der Waals surface area (Å²) in [4.78, 5) is 0. The van der Waals surface area contributed by atoms with Crippen LogP contribution in [0, 0.1) is 0 Å². The van der Waals surface area contributed by atoms with Crippen molar-refractivity contribution in [2.75, 3.05) is 0 Å². The monoisotopic (exact) mass is 317 g/mol. The molecule has 4 heteroatoms. The second-order valence-corrected chi connectivity index (χ2v) is 8.15. The highest BCUT2D eigenvalue weighted by molar-refractivity contribution is 9.10. The Labute approximate surface area is 115 Å². The normalized spacial score (nSPS) is 15.6. The minimum atomic E-state index is -1.01. The van der Waals surface area contributed by atoms with Crippen LogP contribution in [0.4, 0.5) is 0 Å². The molecule has 0 saturated carbocycles. The maximum atomic E-state index is 11.9. The summed E-state index contributed by atoms with van der Waals surface area (Å²) in [6, 6.07) is 8.41. The van der Waals surface area contributed by atoms with Gasteiger partial charge in [-0.25, -0.2) is 8.93 Å². The van der Waals surface area contributed by atoms with Crippen LogP contribution in [0.5, 0.6) is 0 Å². The Hall–Kier alpha value is -0.190. The fourth-order valence-electron chi connectivity index (χ4n) is 1.42. The highest BCUT2D eigenvalue weighted by Gasteiger charge is 2.21. The van der Waals surface area contributed by atoms with E-state index in [1.165, 1.54) is 5.56 Å². The molecule has 17 heavy (non-hydrogen) atoms. The molecule has 0 aromatic heterocycles. The molecule has 0 bridgehead atoms. The van der Waals surface area contributed by atoms with Crippen LogP contribution in [0.1, 0.15) is 33.3 Å². The first-order valence-electron chi connectivity index (χ1n) is 5.71. The minimum absolute atomic E-state index is 0.198. The smallest absolute Gasteiger partial charge is 0.0972 e. The first-order chi connectivity index (χ1) is 7.79. The third-order valence-corrected chi connectivity index (χ3v) is 4.52. The van der Waals surface area contributed by atoms with E-state index in [-0.39, 0.29) is 10.8 Å². The van der Waals surface area contributed by atoms with Crippen molar-refractivity contribution in [3.8, 4) is 0 Å². The van der Waals surface area contributed by atoms with Gasteiger partial charge in [0.25, 0.3) is 0 Å². The van der Waals surface area contributed by atoms with E-state index >= 15 is 0 Å². The SMILES string of the molecule is C[C@@H](Cc1cccc(Br)c1)N[S@@](=O)C(C)(C)C. The zero-order valence-corrected chi connectivity index (χ0v) is 13.2. The van der Waals surface area contributed by atoms with Crippen molar-refractivity contribution < 1.29 is 4.21 Å². The predicted octanol–water partition coefficient (Wildman–Crippen LogP) is 3.43. The number of halogens is 1. The molecule has 1 aromatic carbocycles. The van der Waals surface area contributed by atoms with Crippen LogP contribution in [0.25, 0.3) is 0 Å². The van der Waals surface area contributed by atoms with Crippen LogP contribution >= 0.6 is 15.9 Å². The summed E-state index contributed by atoms with van der Waals surface area (Å²) in [6.07, 6.45) is 0.876. The first-order valence-corrected chi connectivity index (χ1v) is 7.66. The molecule has 0 aliphatic rings. The molecule has 0 aliphatic heterocycles. The van der Waals surface area contributed by atoms with E-state index < -0.39 is 11.0 Å². The average Bonchev–Trinajstić information content (AvgIpc) is 2.15. The van der Waals surface area contributed by atoms with Gasteiger partial charge in [-0.3, -0.25) is 0 Å². The van der Waals surface area contributed by atoms with E-state index in [1.54, 1.807) is 0 Å². The number of nitrogens with one attached hydrogen (secondary N) is 1. The minimum Gasteiger partial charge on any atom is -0.242 e. The van der Waals surface area contributed by atoms with E-state index in [4.69, 9.17) is 0 Å². The van der Waals surface area contributed by atoms with Gasteiger partial charge in [-0.15, -0.1) is 0 Å². The van der Waals surface area contributed by atoms with Gasteiger partial charge in [-0.1, -0.05) is 28.1 Å². The highest BCUT2D eigenvalue weighted by Crippen LogP contribution is 2.14. The maximum absolute atomic E-state index is 11.9. The number of benzene rings is 1. The highest BCUT2D eigenvalue weighted by atomic mass is 79.9. The van der Waals surface area contributed by atoms with Crippen molar-refractivity contribution in [1.82, 2.24) is 4.72 Å². The van der Waals surface area contributed by atoms with Gasteiger partial charge in [-0.2, -0.15) is 0 Å². The summed E-state index contributed by atoms with van der Waals surface area (Å²) in [5.74, 6) is 0. The summed E-state index contributed by atoms with van der Waals surface area (Å²) in [5, 5.41) is 0. The van der Waals surface area contributed by atoms with Crippen molar-refractivity contribution >= 4 is 26.9 Å². The maximum Gasteiger partial charge on any atom is 0.0972 e. The molecule has 1 N–H and O–H groups in total. The molecule has 0 saturated heterocycles. The van der Waals surface area contributed by atoms with Gasteiger partial charge in [0.2, 0.25) is 0 Å². The van der Waals surface area contributed by atoms with Gasteiger partial charge in [0.05, 0.1) is 15.7 Å². The Morgan fingerprint density at radius 3 is 2.59 bits per heavy atom. The van der Waals surface area contributed by atoms with E-state index in [0.29, 0.717) is 0 Å². The molecule has 2 nitrogen and oxygen atoms in total. The quantitative estimate of drug-likeness (QED) is 0.905. The number of hydrogen-bond donors (Lipinski definition) is 1. The summed E-state index contributed by atoms with van der Waals surface area (Å²) < 4.78 is 15.9. The van der Waals surface area contributed by atoms with Crippen LogP contribution < -0.4 is 4.72 Å². The zero-order valence-electron chi connectivity index (χ0n) is 10.8. The summed E-state index contributed by atoms with van der Waals surface area (Å²) in [7, 11) is -1.01. The molecule has 0 aliphatic carbocycles. The van der Waals surface area contributed by atoms with Crippen molar-refractivity contribution in [2.45, 2.75) is 44.9 Å².